The van der Waals surface area contributed by atoms with Gasteiger partial charge in [-0.15, -0.1) is 0 Å². The van der Waals surface area contributed by atoms with Crippen molar-refractivity contribution in [3.8, 4) is 5.75 Å². The van der Waals surface area contributed by atoms with Crippen LogP contribution in [0.15, 0.2) is 18.2 Å². The first-order valence-corrected chi connectivity index (χ1v) is 8.25. The summed E-state index contributed by atoms with van der Waals surface area (Å²) in [6, 6.07) is 4.50. The lowest BCUT2D eigenvalue weighted by atomic mass is 10.2. The molecule has 0 heterocycles. The summed E-state index contributed by atoms with van der Waals surface area (Å²) < 4.78 is 29.3. The normalized spacial score (nSPS) is 10.7. The highest BCUT2D eigenvalue weighted by Gasteiger charge is 2.09. The van der Waals surface area contributed by atoms with Gasteiger partial charge in [0.15, 0.2) is 11.6 Å². The van der Waals surface area contributed by atoms with Gasteiger partial charge in [-0.05, 0) is 50.3 Å². The second-order valence-electron chi connectivity index (χ2n) is 5.44. The third-order valence-corrected chi connectivity index (χ3v) is 3.19. The van der Waals surface area contributed by atoms with Crippen molar-refractivity contribution in [3.63, 3.8) is 0 Å². The summed E-state index contributed by atoms with van der Waals surface area (Å²) in [5, 5.41) is 0. The van der Waals surface area contributed by atoms with Crippen LogP contribution in [0, 0.1) is 12.7 Å². The number of aryl methyl sites for hydroxylation is 1. The number of hydrogen-bond acceptors (Lipinski definition) is 4. The van der Waals surface area contributed by atoms with Crippen LogP contribution in [0.5, 0.6) is 5.75 Å². The molecule has 0 radical (unpaired) electrons. The molecule has 4 nitrogen and oxygen atoms in total. The van der Waals surface area contributed by atoms with E-state index in [1.54, 1.807) is 13.0 Å². The van der Waals surface area contributed by atoms with E-state index in [0.29, 0.717) is 13.2 Å². The Morgan fingerprint density at radius 1 is 1.04 bits per heavy atom. The molecule has 0 unspecified atom stereocenters. The summed E-state index contributed by atoms with van der Waals surface area (Å²) in [4.78, 5) is 11.6. The number of hydrogen-bond donors (Lipinski definition) is 0. The summed E-state index contributed by atoms with van der Waals surface area (Å²) in [5.74, 6) is -1.04. The molecule has 0 N–H and O–H groups in total. The summed E-state index contributed by atoms with van der Waals surface area (Å²) in [7, 11) is 0. The first-order valence-electron chi connectivity index (χ1n) is 8.25. The lowest BCUT2D eigenvalue weighted by molar-refractivity contribution is -0.135. The van der Waals surface area contributed by atoms with Crippen molar-refractivity contribution in [2.45, 2.75) is 46.0 Å². The summed E-state index contributed by atoms with van der Waals surface area (Å²) in [6.45, 7) is 6.38. The fourth-order valence-electron chi connectivity index (χ4n) is 1.95. The second-order valence-corrected chi connectivity index (χ2v) is 5.44. The Hall–Kier alpha value is -1.46. The van der Waals surface area contributed by atoms with Crippen molar-refractivity contribution in [2.75, 3.05) is 26.4 Å². The molecule has 23 heavy (non-hydrogen) atoms. The van der Waals surface area contributed by atoms with E-state index in [1.807, 2.05) is 0 Å². The van der Waals surface area contributed by atoms with Gasteiger partial charge in [0.1, 0.15) is 0 Å². The molecular weight excluding hydrogens is 299 g/mol. The minimum absolute atomic E-state index is 0.0346. The van der Waals surface area contributed by atoms with Gasteiger partial charge >= 0.3 is 5.97 Å². The molecule has 0 aliphatic heterocycles. The minimum Gasteiger partial charge on any atom is -0.423 e. The predicted octanol–water partition coefficient (Wildman–Crippen LogP) is 4.04. The van der Waals surface area contributed by atoms with E-state index in [9.17, 15) is 9.18 Å². The number of esters is 1. The molecule has 0 aromatic heterocycles. The highest BCUT2D eigenvalue weighted by Crippen LogP contribution is 2.18. The molecule has 0 spiro atoms. The first-order chi connectivity index (χ1) is 11.1. The third-order valence-electron chi connectivity index (χ3n) is 3.19. The van der Waals surface area contributed by atoms with Crippen molar-refractivity contribution in [1.29, 1.82) is 0 Å². The Bertz CT molecular complexity index is 462. The number of benzene rings is 1. The van der Waals surface area contributed by atoms with E-state index < -0.39 is 11.8 Å². The number of unbranched alkanes of at least 4 members (excludes halogenated alkanes) is 2. The van der Waals surface area contributed by atoms with Crippen LogP contribution in [0.3, 0.4) is 0 Å². The van der Waals surface area contributed by atoms with Crippen LogP contribution < -0.4 is 4.74 Å². The third kappa shape index (κ3) is 9.31. The van der Waals surface area contributed by atoms with Gasteiger partial charge in [0, 0.05) is 19.8 Å². The number of rotatable bonds is 12. The number of carbonyl (C=O) groups is 1. The van der Waals surface area contributed by atoms with E-state index in [-0.39, 0.29) is 12.2 Å². The summed E-state index contributed by atoms with van der Waals surface area (Å²) >= 11 is 0. The van der Waals surface area contributed by atoms with Gasteiger partial charge < -0.3 is 14.2 Å². The van der Waals surface area contributed by atoms with E-state index >= 15 is 0 Å². The topological polar surface area (TPSA) is 44.8 Å². The Balaban J connectivity index is 2.02. The molecule has 0 saturated carbocycles. The molecule has 0 aliphatic carbocycles. The molecule has 0 fully saturated rings. The van der Waals surface area contributed by atoms with Gasteiger partial charge in [-0.2, -0.15) is 0 Å². The predicted molar refractivity (Wildman–Crippen MR) is 87.2 cm³/mol. The lowest BCUT2D eigenvalue weighted by Crippen LogP contribution is -2.12. The van der Waals surface area contributed by atoms with Crippen molar-refractivity contribution in [1.82, 2.24) is 0 Å². The Kier molecular flexibility index (Phi) is 10.2. The fourth-order valence-corrected chi connectivity index (χ4v) is 1.95. The van der Waals surface area contributed by atoms with E-state index in [4.69, 9.17) is 14.2 Å². The average Bonchev–Trinajstić information content (AvgIpc) is 2.52. The quantitative estimate of drug-likeness (QED) is 0.330. The summed E-state index contributed by atoms with van der Waals surface area (Å²) in [5.41, 5.74) is 0.783. The smallest absolute Gasteiger partial charge is 0.313 e. The molecule has 1 rings (SSSR count). The van der Waals surface area contributed by atoms with Gasteiger partial charge in [-0.25, -0.2) is 4.39 Å². The SMILES string of the molecule is CCCOCCCCCOCCC(=O)Oc1ccc(C)cc1F. The molecular formula is C18H27FO4. The maximum Gasteiger partial charge on any atom is 0.313 e. The Morgan fingerprint density at radius 3 is 2.39 bits per heavy atom. The van der Waals surface area contributed by atoms with Crippen LogP contribution in [0.25, 0.3) is 0 Å². The first kappa shape index (κ1) is 19.6. The molecule has 0 atom stereocenters. The molecule has 1 aromatic rings. The van der Waals surface area contributed by atoms with Crippen molar-refractivity contribution >= 4 is 5.97 Å². The zero-order valence-electron chi connectivity index (χ0n) is 14.1. The number of ether oxygens (including phenoxy) is 3. The van der Waals surface area contributed by atoms with E-state index in [1.165, 1.54) is 12.1 Å². The molecule has 0 bridgehead atoms. The minimum atomic E-state index is -0.524. The molecule has 130 valence electrons. The van der Waals surface area contributed by atoms with Crippen molar-refractivity contribution < 1.29 is 23.4 Å². The van der Waals surface area contributed by atoms with Gasteiger partial charge in [-0.1, -0.05) is 13.0 Å². The average molecular weight is 326 g/mol. The van der Waals surface area contributed by atoms with Crippen LogP contribution in [0.1, 0.15) is 44.6 Å². The Labute approximate surface area is 137 Å². The van der Waals surface area contributed by atoms with E-state index in [2.05, 4.69) is 6.92 Å². The molecule has 0 aliphatic rings. The van der Waals surface area contributed by atoms with E-state index in [0.717, 1.165) is 44.5 Å². The van der Waals surface area contributed by atoms with Crippen LogP contribution in [-0.4, -0.2) is 32.4 Å². The van der Waals surface area contributed by atoms with Crippen LogP contribution in [0.2, 0.25) is 0 Å². The van der Waals surface area contributed by atoms with Crippen LogP contribution in [-0.2, 0) is 14.3 Å². The number of halogens is 1. The molecule has 1 aromatic carbocycles. The lowest BCUT2D eigenvalue weighted by Gasteiger charge is -2.07. The van der Waals surface area contributed by atoms with Gasteiger partial charge in [0.25, 0.3) is 0 Å². The summed E-state index contributed by atoms with van der Waals surface area (Å²) in [6.07, 6.45) is 4.18. The van der Waals surface area contributed by atoms with Gasteiger partial charge in [-0.3, -0.25) is 4.79 Å². The van der Waals surface area contributed by atoms with Crippen LogP contribution >= 0.6 is 0 Å². The van der Waals surface area contributed by atoms with Crippen molar-refractivity contribution in [2.24, 2.45) is 0 Å². The molecule has 0 saturated heterocycles. The highest BCUT2D eigenvalue weighted by molar-refractivity contribution is 5.72. The van der Waals surface area contributed by atoms with Crippen molar-refractivity contribution in [3.05, 3.63) is 29.6 Å². The zero-order valence-corrected chi connectivity index (χ0v) is 14.1. The van der Waals surface area contributed by atoms with Gasteiger partial charge in [0.2, 0.25) is 0 Å². The standard InChI is InChI=1S/C18H27FO4/c1-3-10-21-11-5-4-6-12-22-13-9-18(20)23-17-8-7-15(2)14-16(17)19/h7-8,14H,3-6,9-13H2,1-2H3. The maximum absolute atomic E-state index is 13.5. The number of carbonyl (C=O) groups excluding carboxylic acids is 1. The largest absolute Gasteiger partial charge is 0.423 e. The second kappa shape index (κ2) is 12.0. The monoisotopic (exact) mass is 326 g/mol. The van der Waals surface area contributed by atoms with Gasteiger partial charge in [0.05, 0.1) is 13.0 Å². The highest BCUT2D eigenvalue weighted by atomic mass is 19.1. The maximum atomic E-state index is 13.5. The Morgan fingerprint density at radius 2 is 1.74 bits per heavy atom. The fraction of sp³-hybridized carbons (Fsp3) is 0.611. The molecule has 5 heteroatoms. The zero-order chi connectivity index (χ0) is 16.9. The van der Waals surface area contributed by atoms with Crippen LogP contribution in [0.4, 0.5) is 4.39 Å². The molecule has 0 amide bonds.